The van der Waals surface area contributed by atoms with Crippen LogP contribution in [0.5, 0.6) is 0 Å². The molecule has 0 aliphatic carbocycles. The van der Waals surface area contributed by atoms with Crippen LogP contribution in [0.2, 0.25) is 5.02 Å². The Morgan fingerprint density at radius 3 is 2.09 bits per heavy atom. The molecule has 124 valence electrons. The number of anilines is 1. The molecule has 0 amide bonds. The molecule has 0 spiro atoms. The monoisotopic (exact) mass is 333 g/mol. The first kappa shape index (κ1) is 17.6. The van der Waals surface area contributed by atoms with Gasteiger partial charge < -0.3 is 9.32 Å². The van der Waals surface area contributed by atoms with Gasteiger partial charge in [-0.15, -0.1) is 0 Å². The topological polar surface area (TPSA) is 33.5 Å². The predicted molar refractivity (Wildman–Crippen MR) is 97.5 cm³/mol. The number of benzene rings is 1. The summed E-state index contributed by atoms with van der Waals surface area (Å²) in [6, 6.07) is 11.0. The second kappa shape index (κ2) is 8.78. The number of unbranched alkanes of at least 4 members (excludes halogenated alkanes) is 2. The number of halogens is 1. The van der Waals surface area contributed by atoms with Crippen molar-refractivity contribution in [3.63, 3.8) is 0 Å². The molecule has 0 unspecified atom stereocenters. The third-order valence-electron chi connectivity index (χ3n) is 3.84. The SMILES string of the molecule is CCCCN(CCCC)c1ccc(-c2ccc(Cl)cc2)oc1=O. The summed E-state index contributed by atoms with van der Waals surface area (Å²) < 4.78 is 5.53. The molecule has 0 atom stereocenters. The molecule has 0 aliphatic heterocycles. The van der Waals surface area contributed by atoms with Crippen LogP contribution < -0.4 is 10.5 Å². The standard InChI is InChI=1S/C19H24ClNO2/c1-3-5-13-21(14-6-4-2)17-11-12-18(23-19(17)22)15-7-9-16(20)10-8-15/h7-12H,3-6,13-14H2,1-2H3. The highest BCUT2D eigenvalue weighted by Gasteiger charge is 2.12. The van der Waals surface area contributed by atoms with Crippen molar-refractivity contribution >= 4 is 17.3 Å². The Kier molecular flexibility index (Phi) is 6.72. The molecule has 4 heteroatoms. The lowest BCUT2D eigenvalue weighted by Crippen LogP contribution is -2.29. The fraction of sp³-hybridized carbons (Fsp3) is 0.421. The summed E-state index contributed by atoms with van der Waals surface area (Å²) >= 11 is 5.90. The summed E-state index contributed by atoms with van der Waals surface area (Å²) in [7, 11) is 0. The van der Waals surface area contributed by atoms with E-state index in [1.54, 1.807) is 12.1 Å². The summed E-state index contributed by atoms with van der Waals surface area (Å²) in [5.41, 5.74) is 1.24. The van der Waals surface area contributed by atoms with E-state index >= 15 is 0 Å². The van der Waals surface area contributed by atoms with Gasteiger partial charge in [-0.2, -0.15) is 0 Å². The molecule has 1 aromatic heterocycles. The Morgan fingerprint density at radius 1 is 0.957 bits per heavy atom. The predicted octanol–water partition coefficient (Wildman–Crippen LogP) is 5.37. The summed E-state index contributed by atoms with van der Waals surface area (Å²) in [6.45, 7) is 6.09. The van der Waals surface area contributed by atoms with Crippen molar-refractivity contribution in [1.82, 2.24) is 0 Å². The van der Waals surface area contributed by atoms with Gasteiger partial charge in [0.25, 0.3) is 0 Å². The lowest BCUT2D eigenvalue weighted by molar-refractivity contribution is 0.520. The minimum atomic E-state index is -0.273. The van der Waals surface area contributed by atoms with Crippen LogP contribution in [0.1, 0.15) is 39.5 Å². The average Bonchev–Trinajstić information content (AvgIpc) is 2.56. The average molecular weight is 334 g/mol. The molecular weight excluding hydrogens is 310 g/mol. The van der Waals surface area contributed by atoms with Crippen molar-refractivity contribution in [3.8, 4) is 11.3 Å². The van der Waals surface area contributed by atoms with Gasteiger partial charge in [0.1, 0.15) is 11.4 Å². The van der Waals surface area contributed by atoms with Gasteiger partial charge in [-0.05, 0) is 49.2 Å². The van der Waals surface area contributed by atoms with E-state index in [2.05, 4.69) is 18.7 Å². The molecule has 1 heterocycles. The molecule has 0 saturated heterocycles. The van der Waals surface area contributed by atoms with Crippen LogP contribution in [0.15, 0.2) is 45.6 Å². The maximum atomic E-state index is 12.4. The summed E-state index contributed by atoms with van der Waals surface area (Å²) in [4.78, 5) is 14.6. The van der Waals surface area contributed by atoms with Gasteiger partial charge in [0.2, 0.25) is 0 Å². The zero-order valence-electron chi connectivity index (χ0n) is 13.8. The number of hydrogen-bond acceptors (Lipinski definition) is 3. The van der Waals surface area contributed by atoms with Crippen LogP contribution in [0.25, 0.3) is 11.3 Å². The summed E-state index contributed by atoms with van der Waals surface area (Å²) in [5.74, 6) is 0.571. The minimum Gasteiger partial charge on any atom is -0.421 e. The van der Waals surface area contributed by atoms with Gasteiger partial charge >= 0.3 is 5.63 Å². The molecule has 0 radical (unpaired) electrons. The molecule has 0 bridgehead atoms. The molecule has 23 heavy (non-hydrogen) atoms. The van der Waals surface area contributed by atoms with Crippen LogP contribution in [-0.4, -0.2) is 13.1 Å². The molecule has 0 fully saturated rings. The van der Waals surface area contributed by atoms with E-state index < -0.39 is 0 Å². The van der Waals surface area contributed by atoms with Gasteiger partial charge in [0.05, 0.1) is 0 Å². The van der Waals surface area contributed by atoms with Crippen molar-refractivity contribution in [2.24, 2.45) is 0 Å². The van der Waals surface area contributed by atoms with E-state index in [1.165, 1.54) is 0 Å². The Labute approximate surface area is 142 Å². The highest BCUT2D eigenvalue weighted by atomic mass is 35.5. The third-order valence-corrected chi connectivity index (χ3v) is 4.09. The van der Waals surface area contributed by atoms with E-state index in [0.29, 0.717) is 16.5 Å². The smallest absolute Gasteiger partial charge is 0.360 e. The highest BCUT2D eigenvalue weighted by Crippen LogP contribution is 2.22. The second-order valence-corrected chi connectivity index (χ2v) is 6.11. The van der Waals surface area contributed by atoms with Crippen molar-refractivity contribution in [3.05, 3.63) is 51.8 Å². The van der Waals surface area contributed by atoms with Gasteiger partial charge in [-0.3, -0.25) is 0 Å². The van der Waals surface area contributed by atoms with Crippen LogP contribution in [-0.2, 0) is 0 Å². The molecule has 0 N–H and O–H groups in total. The molecule has 2 rings (SSSR count). The number of hydrogen-bond donors (Lipinski definition) is 0. The Bertz CT molecular complexity index is 656. The van der Waals surface area contributed by atoms with E-state index in [9.17, 15) is 4.79 Å². The molecular formula is C19H24ClNO2. The summed E-state index contributed by atoms with van der Waals surface area (Å²) in [6.07, 6.45) is 4.36. The minimum absolute atomic E-state index is 0.273. The molecule has 0 aliphatic rings. The van der Waals surface area contributed by atoms with Crippen molar-refractivity contribution < 1.29 is 4.42 Å². The quantitative estimate of drug-likeness (QED) is 0.651. The van der Waals surface area contributed by atoms with Crippen LogP contribution in [0.3, 0.4) is 0 Å². The van der Waals surface area contributed by atoms with Gasteiger partial charge in [-0.25, -0.2) is 4.79 Å². The van der Waals surface area contributed by atoms with E-state index in [0.717, 1.165) is 44.3 Å². The third kappa shape index (κ3) is 4.87. The lowest BCUT2D eigenvalue weighted by Gasteiger charge is -2.23. The fourth-order valence-electron chi connectivity index (χ4n) is 2.46. The lowest BCUT2D eigenvalue weighted by atomic mass is 10.1. The number of rotatable bonds is 8. The Hall–Kier alpha value is -1.74. The Balaban J connectivity index is 2.25. The fourth-order valence-corrected chi connectivity index (χ4v) is 2.59. The first-order chi connectivity index (χ1) is 11.2. The number of nitrogens with zero attached hydrogens (tertiary/aromatic N) is 1. The van der Waals surface area contributed by atoms with Gasteiger partial charge in [0, 0.05) is 23.7 Å². The first-order valence-corrected chi connectivity index (χ1v) is 8.68. The van der Waals surface area contributed by atoms with Gasteiger partial charge in [0.15, 0.2) is 0 Å². The van der Waals surface area contributed by atoms with Crippen molar-refractivity contribution in [1.29, 1.82) is 0 Å². The zero-order valence-corrected chi connectivity index (χ0v) is 14.6. The Morgan fingerprint density at radius 2 is 1.57 bits per heavy atom. The van der Waals surface area contributed by atoms with E-state index in [4.69, 9.17) is 16.0 Å². The maximum absolute atomic E-state index is 12.4. The molecule has 3 nitrogen and oxygen atoms in total. The first-order valence-electron chi connectivity index (χ1n) is 8.30. The molecule has 0 saturated carbocycles. The second-order valence-electron chi connectivity index (χ2n) is 5.67. The molecule has 2 aromatic rings. The largest absolute Gasteiger partial charge is 0.421 e. The van der Waals surface area contributed by atoms with E-state index in [1.807, 2.05) is 24.3 Å². The molecule has 1 aromatic carbocycles. The van der Waals surface area contributed by atoms with Crippen molar-refractivity contribution in [2.45, 2.75) is 39.5 Å². The highest BCUT2D eigenvalue weighted by molar-refractivity contribution is 6.30. The zero-order chi connectivity index (χ0) is 16.7. The van der Waals surface area contributed by atoms with Crippen LogP contribution in [0, 0.1) is 0 Å². The van der Waals surface area contributed by atoms with E-state index in [-0.39, 0.29) is 5.63 Å². The van der Waals surface area contributed by atoms with Crippen molar-refractivity contribution in [2.75, 3.05) is 18.0 Å². The van der Waals surface area contributed by atoms with Gasteiger partial charge in [-0.1, -0.05) is 38.3 Å². The normalized spacial score (nSPS) is 10.7. The maximum Gasteiger partial charge on any atom is 0.360 e. The summed E-state index contributed by atoms with van der Waals surface area (Å²) in [5, 5.41) is 0.665. The van der Waals surface area contributed by atoms with Crippen LogP contribution >= 0.6 is 11.6 Å². The van der Waals surface area contributed by atoms with Crippen LogP contribution in [0.4, 0.5) is 5.69 Å².